The van der Waals surface area contributed by atoms with Gasteiger partial charge in [-0.05, 0) is 12.1 Å². The molecule has 0 saturated carbocycles. The molecule has 1 N–H and O–H groups in total. The Kier molecular flexibility index (Phi) is 4.27. The summed E-state index contributed by atoms with van der Waals surface area (Å²) in [5.74, 6) is -0.919. The van der Waals surface area contributed by atoms with Crippen LogP contribution in [0.4, 0.5) is 0 Å². The molecule has 0 saturated heterocycles. The van der Waals surface area contributed by atoms with Crippen molar-refractivity contribution in [2.45, 2.75) is 0 Å². The predicted octanol–water partition coefficient (Wildman–Crippen LogP) is -2.10. The second-order valence-electron chi connectivity index (χ2n) is 1.54. The van der Waals surface area contributed by atoms with Gasteiger partial charge in [-0.15, -0.1) is 0 Å². The second-order valence-corrected chi connectivity index (χ2v) is 1.54. The summed E-state index contributed by atoms with van der Waals surface area (Å²) >= 11 is 0. The van der Waals surface area contributed by atoms with Crippen LogP contribution in [-0.4, -0.2) is 16.1 Å². The van der Waals surface area contributed by atoms with Crippen LogP contribution < -0.4 is 29.6 Å². The molecule has 0 aromatic carbocycles. The van der Waals surface area contributed by atoms with Gasteiger partial charge in [0.15, 0.2) is 0 Å². The molecule has 1 aromatic rings. The Morgan fingerprint density at radius 3 is 2.30 bits per heavy atom. The van der Waals surface area contributed by atoms with Gasteiger partial charge < -0.3 is 6.53 Å². The van der Waals surface area contributed by atoms with Gasteiger partial charge in [-0.3, -0.25) is 4.98 Å². The molecule has 0 amide bonds. The summed E-state index contributed by atoms with van der Waals surface area (Å²) in [5.41, 5.74) is 0.269. The van der Waals surface area contributed by atoms with Gasteiger partial charge >= 0.3 is 35.5 Å². The van der Waals surface area contributed by atoms with Crippen molar-refractivity contribution in [3.05, 3.63) is 30.1 Å². The summed E-state index contributed by atoms with van der Waals surface area (Å²) in [6.07, 6.45) is 2.90. The van der Waals surface area contributed by atoms with Crippen LogP contribution in [0.3, 0.4) is 0 Å². The SMILES string of the molecule is O=C(O)c1ccncc1.[H-].[Na+]. The Bertz CT molecular complexity index is 217. The first kappa shape index (κ1) is 9.62. The monoisotopic (exact) mass is 147 g/mol. The van der Waals surface area contributed by atoms with E-state index in [0.717, 1.165) is 0 Å². The average molecular weight is 147 g/mol. The molecule has 1 heterocycles. The molecular formula is C6H6NNaO2. The van der Waals surface area contributed by atoms with Gasteiger partial charge in [0, 0.05) is 12.4 Å². The quantitative estimate of drug-likeness (QED) is 0.463. The smallest absolute Gasteiger partial charge is 1.00 e. The number of rotatable bonds is 1. The molecule has 4 heteroatoms. The molecule has 0 aliphatic rings. The molecule has 0 unspecified atom stereocenters. The van der Waals surface area contributed by atoms with E-state index in [1.807, 2.05) is 0 Å². The van der Waals surface area contributed by atoms with E-state index >= 15 is 0 Å². The van der Waals surface area contributed by atoms with E-state index < -0.39 is 5.97 Å². The largest absolute Gasteiger partial charge is 1.00 e. The van der Waals surface area contributed by atoms with Crippen molar-refractivity contribution < 1.29 is 40.9 Å². The first-order valence-corrected chi connectivity index (χ1v) is 2.44. The minimum Gasteiger partial charge on any atom is -1.00 e. The van der Waals surface area contributed by atoms with Gasteiger partial charge in [-0.25, -0.2) is 4.79 Å². The van der Waals surface area contributed by atoms with Crippen LogP contribution >= 0.6 is 0 Å². The summed E-state index contributed by atoms with van der Waals surface area (Å²) in [6.45, 7) is 0. The van der Waals surface area contributed by atoms with Crippen molar-refractivity contribution in [3.63, 3.8) is 0 Å². The Morgan fingerprint density at radius 1 is 1.50 bits per heavy atom. The van der Waals surface area contributed by atoms with Crippen LogP contribution in [0.15, 0.2) is 24.5 Å². The summed E-state index contributed by atoms with van der Waals surface area (Å²) in [4.78, 5) is 13.8. The van der Waals surface area contributed by atoms with Crippen LogP contribution in [0.2, 0.25) is 0 Å². The molecule has 0 radical (unpaired) electrons. The van der Waals surface area contributed by atoms with Crippen LogP contribution in [0, 0.1) is 0 Å². The predicted molar refractivity (Wildman–Crippen MR) is 32.3 cm³/mol. The van der Waals surface area contributed by atoms with Gasteiger partial charge in [-0.2, -0.15) is 0 Å². The molecule has 0 spiro atoms. The zero-order valence-corrected chi connectivity index (χ0v) is 7.61. The van der Waals surface area contributed by atoms with E-state index in [2.05, 4.69) is 4.98 Å². The summed E-state index contributed by atoms with van der Waals surface area (Å²) in [5, 5.41) is 8.36. The topological polar surface area (TPSA) is 50.2 Å². The molecular weight excluding hydrogens is 141 g/mol. The minimum absolute atomic E-state index is 0. The van der Waals surface area contributed by atoms with Crippen molar-refractivity contribution in [2.24, 2.45) is 0 Å². The Labute approximate surface area is 81.9 Å². The number of nitrogens with zero attached hydrogens (tertiary/aromatic N) is 1. The molecule has 3 nitrogen and oxygen atoms in total. The molecule has 10 heavy (non-hydrogen) atoms. The molecule has 1 aromatic heterocycles. The number of hydrogen-bond acceptors (Lipinski definition) is 2. The molecule has 0 fully saturated rings. The maximum Gasteiger partial charge on any atom is 1.00 e. The van der Waals surface area contributed by atoms with Crippen molar-refractivity contribution in [2.75, 3.05) is 0 Å². The first-order valence-electron chi connectivity index (χ1n) is 2.44. The third kappa shape index (κ3) is 2.47. The molecule has 1 rings (SSSR count). The summed E-state index contributed by atoms with van der Waals surface area (Å²) in [6, 6.07) is 2.89. The van der Waals surface area contributed by atoms with Crippen molar-refractivity contribution in [1.82, 2.24) is 4.98 Å². The van der Waals surface area contributed by atoms with E-state index in [0.29, 0.717) is 0 Å². The first-order chi connectivity index (χ1) is 4.30. The number of carboxylic acids is 1. The van der Waals surface area contributed by atoms with Gasteiger partial charge in [0.05, 0.1) is 5.56 Å². The fourth-order valence-corrected chi connectivity index (χ4v) is 0.494. The summed E-state index contributed by atoms with van der Waals surface area (Å²) < 4.78 is 0. The fraction of sp³-hybridized carbons (Fsp3) is 0. The van der Waals surface area contributed by atoms with E-state index in [1.165, 1.54) is 24.5 Å². The number of pyridine rings is 1. The fourth-order valence-electron chi connectivity index (χ4n) is 0.494. The van der Waals surface area contributed by atoms with Gasteiger partial charge in [0.1, 0.15) is 0 Å². The Morgan fingerprint density at radius 2 is 2.00 bits per heavy atom. The van der Waals surface area contributed by atoms with Gasteiger partial charge in [0.25, 0.3) is 0 Å². The van der Waals surface area contributed by atoms with Gasteiger partial charge in [-0.1, -0.05) is 0 Å². The van der Waals surface area contributed by atoms with Crippen LogP contribution in [0.1, 0.15) is 11.8 Å². The Hall–Kier alpha value is -0.380. The van der Waals surface area contributed by atoms with Crippen molar-refractivity contribution >= 4 is 5.97 Å². The van der Waals surface area contributed by atoms with E-state index in [1.54, 1.807) is 0 Å². The van der Waals surface area contributed by atoms with Crippen LogP contribution in [0.5, 0.6) is 0 Å². The molecule has 0 atom stereocenters. The zero-order chi connectivity index (χ0) is 6.69. The standard InChI is InChI=1S/C6H5NO2.Na.H/c8-6(9)5-1-3-7-4-2-5;;/h1-4H,(H,8,9);;/q;+1;-1. The average Bonchev–Trinajstić information content (AvgIpc) is 1.90. The van der Waals surface area contributed by atoms with E-state index in [-0.39, 0.29) is 36.5 Å². The third-order valence-corrected chi connectivity index (χ3v) is 0.927. The molecule has 0 aliphatic carbocycles. The van der Waals surface area contributed by atoms with Gasteiger partial charge in [0.2, 0.25) is 0 Å². The summed E-state index contributed by atoms with van der Waals surface area (Å²) in [7, 11) is 0. The zero-order valence-electron chi connectivity index (χ0n) is 6.61. The third-order valence-electron chi connectivity index (χ3n) is 0.927. The second kappa shape index (κ2) is 4.44. The number of aromatic nitrogens is 1. The van der Waals surface area contributed by atoms with E-state index in [4.69, 9.17) is 5.11 Å². The number of aromatic carboxylic acids is 1. The van der Waals surface area contributed by atoms with Crippen LogP contribution in [-0.2, 0) is 0 Å². The van der Waals surface area contributed by atoms with E-state index in [9.17, 15) is 4.79 Å². The van der Waals surface area contributed by atoms with Crippen LogP contribution in [0.25, 0.3) is 0 Å². The maximum atomic E-state index is 10.2. The van der Waals surface area contributed by atoms with Crippen molar-refractivity contribution in [1.29, 1.82) is 0 Å². The number of hydrogen-bond donors (Lipinski definition) is 1. The number of carbonyl (C=O) groups is 1. The minimum atomic E-state index is -0.919. The molecule has 48 valence electrons. The number of carboxylic acid groups (broad SMARTS) is 1. The normalized spacial score (nSPS) is 8.00. The molecule has 0 aliphatic heterocycles. The van der Waals surface area contributed by atoms with Crippen molar-refractivity contribution in [3.8, 4) is 0 Å². The molecule has 0 bridgehead atoms. The Balaban J connectivity index is 0. The maximum absolute atomic E-state index is 10.2.